The molecule has 1 unspecified atom stereocenters. The molecule has 0 amide bonds. The number of β-amino-alcohol motifs (C(OH)–C–C–N with tert-alkyl or cyclic N) is 1. The van der Waals surface area contributed by atoms with Crippen LogP contribution in [0.5, 0.6) is 0 Å². The fraction of sp³-hybridized carbons (Fsp3) is 0.333. The molecule has 0 aliphatic carbocycles. The van der Waals surface area contributed by atoms with Crippen molar-refractivity contribution in [2.75, 3.05) is 13.1 Å². The van der Waals surface area contributed by atoms with Crippen molar-refractivity contribution in [3.63, 3.8) is 0 Å². The Balaban J connectivity index is 1.90. The average Bonchev–Trinajstić information content (AvgIpc) is 2.48. The fourth-order valence-corrected chi connectivity index (χ4v) is 2.89. The maximum atomic E-state index is 10.3. The van der Waals surface area contributed by atoms with E-state index in [1.54, 1.807) is 0 Å². The number of likely N-dealkylation sites (tertiary alicyclic amines) is 1. The standard InChI is InChI=1S/C18H19NO/c1-2-18(20)13-19(14-18)17(15-9-5-3-6-10-15)16-11-7-4-8-12-16/h3,5-7,9-12,17,20H,2,13-14H2,1H3. The Morgan fingerprint density at radius 3 is 2.50 bits per heavy atom. The average molecular weight is 265 g/mol. The van der Waals surface area contributed by atoms with Crippen LogP contribution in [0.15, 0.2) is 48.5 Å². The van der Waals surface area contributed by atoms with Crippen molar-refractivity contribution in [1.82, 2.24) is 4.90 Å². The third-order valence-electron chi connectivity index (χ3n) is 4.13. The summed E-state index contributed by atoms with van der Waals surface area (Å²) < 4.78 is 0. The first-order valence-electron chi connectivity index (χ1n) is 7.11. The van der Waals surface area contributed by atoms with E-state index in [1.165, 1.54) is 11.1 Å². The summed E-state index contributed by atoms with van der Waals surface area (Å²) >= 11 is 0. The molecule has 0 saturated carbocycles. The first-order valence-corrected chi connectivity index (χ1v) is 7.11. The minimum Gasteiger partial charge on any atom is -0.387 e. The van der Waals surface area contributed by atoms with Crippen molar-refractivity contribution in [3.05, 3.63) is 71.8 Å². The zero-order chi connectivity index (χ0) is 14.0. The maximum Gasteiger partial charge on any atom is 0.0898 e. The van der Waals surface area contributed by atoms with Gasteiger partial charge in [-0.15, -0.1) is 0 Å². The van der Waals surface area contributed by atoms with Gasteiger partial charge in [0, 0.05) is 13.1 Å². The third-order valence-corrected chi connectivity index (χ3v) is 4.13. The Morgan fingerprint density at radius 1 is 1.15 bits per heavy atom. The second-order valence-electron chi connectivity index (χ2n) is 5.56. The third kappa shape index (κ3) is 2.43. The molecule has 0 aromatic heterocycles. The van der Waals surface area contributed by atoms with Gasteiger partial charge in [0.2, 0.25) is 0 Å². The highest BCUT2D eigenvalue weighted by molar-refractivity contribution is 5.31. The zero-order valence-corrected chi connectivity index (χ0v) is 11.7. The van der Waals surface area contributed by atoms with Gasteiger partial charge >= 0.3 is 0 Å². The summed E-state index contributed by atoms with van der Waals surface area (Å²) in [6.45, 7) is 3.49. The van der Waals surface area contributed by atoms with Crippen LogP contribution < -0.4 is 0 Å². The molecule has 0 spiro atoms. The van der Waals surface area contributed by atoms with E-state index in [-0.39, 0.29) is 6.04 Å². The monoisotopic (exact) mass is 265 g/mol. The van der Waals surface area contributed by atoms with Gasteiger partial charge in [0.15, 0.2) is 0 Å². The predicted molar refractivity (Wildman–Crippen MR) is 79.2 cm³/mol. The minimum atomic E-state index is -0.516. The number of benzene rings is 1. The van der Waals surface area contributed by atoms with E-state index < -0.39 is 5.60 Å². The Kier molecular flexibility index (Phi) is 3.48. The van der Waals surface area contributed by atoms with Gasteiger partial charge in [-0.1, -0.05) is 49.4 Å². The smallest absolute Gasteiger partial charge is 0.0898 e. The van der Waals surface area contributed by atoms with Crippen LogP contribution in [0.25, 0.3) is 0 Å². The first kappa shape index (κ1) is 13.2. The molecule has 2 nitrogen and oxygen atoms in total. The molecule has 1 heterocycles. The highest BCUT2D eigenvalue weighted by atomic mass is 16.3. The van der Waals surface area contributed by atoms with Crippen LogP contribution in [0.1, 0.15) is 30.5 Å². The molecule has 0 bridgehead atoms. The topological polar surface area (TPSA) is 23.5 Å². The molecule has 1 saturated heterocycles. The Hall–Kier alpha value is -1.82. The molecule has 1 atom stereocenters. The lowest BCUT2D eigenvalue weighted by atomic mass is 9.86. The van der Waals surface area contributed by atoms with Crippen LogP contribution >= 0.6 is 0 Å². The molecule has 20 heavy (non-hydrogen) atoms. The van der Waals surface area contributed by atoms with Crippen LogP contribution in [0.4, 0.5) is 0 Å². The molecular weight excluding hydrogens is 246 g/mol. The van der Waals surface area contributed by atoms with Gasteiger partial charge in [-0.3, -0.25) is 4.90 Å². The molecule has 1 fully saturated rings. The summed E-state index contributed by atoms with van der Waals surface area (Å²) in [7, 11) is 0. The van der Waals surface area contributed by atoms with Crippen LogP contribution in [0.3, 0.4) is 0 Å². The number of aliphatic hydroxyl groups is 1. The highest BCUT2D eigenvalue weighted by Gasteiger charge is 2.43. The molecule has 102 valence electrons. The van der Waals surface area contributed by atoms with E-state index in [0.29, 0.717) is 0 Å². The van der Waals surface area contributed by atoms with Gasteiger partial charge in [-0.05, 0) is 35.7 Å². The minimum absolute atomic E-state index is 0.189. The van der Waals surface area contributed by atoms with Gasteiger partial charge in [-0.2, -0.15) is 0 Å². The van der Waals surface area contributed by atoms with E-state index in [9.17, 15) is 5.11 Å². The summed E-state index contributed by atoms with van der Waals surface area (Å²) in [5.74, 6) is 0. The number of nitrogens with zero attached hydrogens (tertiary/aromatic N) is 1. The summed E-state index contributed by atoms with van der Waals surface area (Å²) in [5, 5.41) is 10.3. The molecule has 3 rings (SSSR count). The quantitative estimate of drug-likeness (QED) is 0.919. The van der Waals surface area contributed by atoms with Crippen LogP contribution in [0.2, 0.25) is 0 Å². The van der Waals surface area contributed by atoms with Crippen molar-refractivity contribution in [2.45, 2.75) is 25.0 Å². The van der Waals surface area contributed by atoms with Crippen molar-refractivity contribution in [1.29, 1.82) is 0 Å². The normalized spacial score (nSPS) is 17.6. The zero-order valence-electron chi connectivity index (χ0n) is 11.7. The van der Waals surface area contributed by atoms with Gasteiger partial charge in [0.25, 0.3) is 0 Å². The largest absolute Gasteiger partial charge is 0.387 e. The summed E-state index contributed by atoms with van der Waals surface area (Å²) in [6, 6.07) is 22.6. The lowest BCUT2D eigenvalue weighted by molar-refractivity contribution is -0.112. The molecule has 2 aromatic carbocycles. The number of rotatable bonds is 4. The van der Waals surface area contributed by atoms with E-state index in [2.05, 4.69) is 47.4 Å². The van der Waals surface area contributed by atoms with Gasteiger partial charge in [0.05, 0.1) is 11.6 Å². The molecular formula is C18H19NO. The summed E-state index contributed by atoms with van der Waals surface area (Å²) in [6.07, 6.45) is 0.805. The molecule has 1 aliphatic heterocycles. The SMILES string of the molecule is CCC1(O)CN(C(c2cc#ccc2)c2ccccc2)C1. The predicted octanol–water partition coefficient (Wildman–Crippen LogP) is 2.83. The van der Waals surface area contributed by atoms with Gasteiger partial charge in [-0.25, -0.2) is 0 Å². The highest BCUT2D eigenvalue weighted by Crippen LogP contribution is 2.36. The Bertz CT molecular complexity index is 507. The molecule has 2 aromatic rings. The summed E-state index contributed by atoms with van der Waals surface area (Å²) in [5.41, 5.74) is 1.94. The van der Waals surface area contributed by atoms with Crippen molar-refractivity contribution >= 4 is 0 Å². The maximum absolute atomic E-state index is 10.3. The van der Waals surface area contributed by atoms with Crippen LogP contribution in [-0.4, -0.2) is 28.7 Å². The van der Waals surface area contributed by atoms with Crippen LogP contribution in [-0.2, 0) is 0 Å². The van der Waals surface area contributed by atoms with E-state index in [4.69, 9.17) is 0 Å². The van der Waals surface area contributed by atoms with E-state index >= 15 is 0 Å². The van der Waals surface area contributed by atoms with Gasteiger partial charge in [0.1, 0.15) is 0 Å². The second-order valence-corrected chi connectivity index (χ2v) is 5.56. The molecule has 1 aliphatic rings. The van der Waals surface area contributed by atoms with Gasteiger partial charge < -0.3 is 5.11 Å². The Morgan fingerprint density at radius 2 is 1.90 bits per heavy atom. The molecule has 0 radical (unpaired) electrons. The lowest BCUT2D eigenvalue weighted by Crippen LogP contribution is -2.62. The number of hydrogen-bond donors (Lipinski definition) is 1. The van der Waals surface area contributed by atoms with Crippen LogP contribution in [0, 0.1) is 12.1 Å². The summed E-state index contributed by atoms with van der Waals surface area (Å²) in [4.78, 5) is 2.32. The van der Waals surface area contributed by atoms with E-state index in [0.717, 1.165) is 19.5 Å². The van der Waals surface area contributed by atoms with Crippen molar-refractivity contribution < 1.29 is 5.11 Å². The first-order chi connectivity index (χ1) is 9.72. The Labute approximate surface area is 120 Å². The fourth-order valence-electron chi connectivity index (χ4n) is 2.89. The molecule has 2 heteroatoms. The molecule has 1 N–H and O–H groups in total. The van der Waals surface area contributed by atoms with Crippen molar-refractivity contribution in [3.8, 4) is 0 Å². The second kappa shape index (κ2) is 5.28. The van der Waals surface area contributed by atoms with E-state index in [1.807, 2.05) is 25.1 Å². The number of hydrogen-bond acceptors (Lipinski definition) is 2. The lowest BCUT2D eigenvalue weighted by Gasteiger charge is -2.50. The van der Waals surface area contributed by atoms with Crippen molar-refractivity contribution in [2.24, 2.45) is 0 Å².